The first-order chi connectivity index (χ1) is 9.25. The lowest BCUT2D eigenvalue weighted by Gasteiger charge is -2.27. The Kier molecular flexibility index (Phi) is 3.78. The third-order valence-corrected chi connectivity index (χ3v) is 5.53. The summed E-state index contributed by atoms with van der Waals surface area (Å²) in [5.41, 5.74) is 0. The third-order valence-electron chi connectivity index (χ3n) is 4.56. The van der Waals surface area contributed by atoms with E-state index >= 15 is 0 Å². The molecule has 2 heterocycles. The average molecular weight is 278 g/mol. The van der Waals surface area contributed by atoms with Gasteiger partial charge in [-0.25, -0.2) is 4.79 Å². The second kappa shape index (κ2) is 5.53. The van der Waals surface area contributed by atoms with E-state index in [0.717, 1.165) is 25.8 Å². The number of nitrogens with one attached hydrogen (secondary N) is 1. The van der Waals surface area contributed by atoms with Gasteiger partial charge in [-0.15, -0.1) is 11.3 Å². The van der Waals surface area contributed by atoms with Crippen molar-refractivity contribution < 1.29 is 4.79 Å². The molecule has 2 amide bonds. The Balaban J connectivity index is 1.65. The van der Waals surface area contributed by atoms with Crippen LogP contribution in [0, 0.1) is 5.92 Å². The van der Waals surface area contributed by atoms with Gasteiger partial charge in [0, 0.05) is 17.5 Å². The number of amides is 2. The summed E-state index contributed by atoms with van der Waals surface area (Å²) >= 11 is 1.76. The third kappa shape index (κ3) is 2.64. The number of nitrogens with zero attached hydrogens (tertiary/aromatic N) is 1. The maximum absolute atomic E-state index is 12.5. The van der Waals surface area contributed by atoms with Crippen molar-refractivity contribution in [1.82, 2.24) is 10.2 Å². The largest absolute Gasteiger partial charge is 0.335 e. The molecule has 1 aromatic heterocycles. The first kappa shape index (κ1) is 13.0. The van der Waals surface area contributed by atoms with Crippen molar-refractivity contribution in [2.75, 3.05) is 6.54 Å². The summed E-state index contributed by atoms with van der Waals surface area (Å²) in [6.07, 6.45) is 5.87. The first-order valence-electron chi connectivity index (χ1n) is 7.36. The molecule has 0 bridgehead atoms. The number of hydrogen-bond donors (Lipinski definition) is 1. The van der Waals surface area contributed by atoms with E-state index in [1.54, 1.807) is 11.3 Å². The Bertz CT molecular complexity index is 431. The predicted octanol–water partition coefficient (Wildman–Crippen LogP) is 3.78. The summed E-state index contributed by atoms with van der Waals surface area (Å²) < 4.78 is 0. The molecule has 1 aromatic rings. The molecule has 1 saturated carbocycles. The van der Waals surface area contributed by atoms with Gasteiger partial charge in [0.15, 0.2) is 0 Å². The number of carbonyl (C=O) groups is 1. The average Bonchev–Trinajstić information content (AvgIpc) is 3.09. The van der Waals surface area contributed by atoms with Gasteiger partial charge in [0.25, 0.3) is 0 Å². The van der Waals surface area contributed by atoms with Crippen LogP contribution in [0.1, 0.15) is 49.9 Å². The molecule has 2 fully saturated rings. The lowest BCUT2D eigenvalue weighted by molar-refractivity contribution is 0.187. The van der Waals surface area contributed by atoms with E-state index < -0.39 is 0 Å². The topological polar surface area (TPSA) is 32.3 Å². The Hall–Kier alpha value is -1.03. The van der Waals surface area contributed by atoms with Crippen LogP contribution in [0.3, 0.4) is 0 Å². The maximum Gasteiger partial charge on any atom is 0.318 e. The van der Waals surface area contributed by atoms with Crippen molar-refractivity contribution in [3.8, 4) is 0 Å². The second-order valence-corrected chi connectivity index (χ2v) is 6.81. The fourth-order valence-electron chi connectivity index (χ4n) is 3.39. The Morgan fingerprint density at radius 1 is 1.37 bits per heavy atom. The van der Waals surface area contributed by atoms with Gasteiger partial charge in [0.2, 0.25) is 0 Å². The van der Waals surface area contributed by atoms with E-state index in [1.165, 1.54) is 17.7 Å². The van der Waals surface area contributed by atoms with Crippen LogP contribution in [-0.2, 0) is 0 Å². The van der Waals surface area contributed by atoms with Crippen LogP contribution >= 0.6 is 11.3 Å². The SMILES string of the molecule is CC1CCCC1NC(=O)N1CCCC1c1cccs1. The maximum atomic E-state index is 12.5. The summed E-state index contributed by atoms with van der Waals surface area (Å²) in [7, 11) is 0. The predicted molar refractivity (Wildman–Crippen MR) is 78.3 cm³/mol. The van der Waals surface area contributed by atoms with Crippen LogP contribution < -0.4 is 5.32 Å². The standard InChI is InChI=1S/C15H22N2OS/c1-11-5-2-6-12(11)16-15(18)17-9-3-7-13(17)14-8-4-10-19-14/h4,8,10-13H,2-3,5-7,9H2,1H3,(H,16,18). The zero-order valence-electron chi connectivity index (χ0n) is 11.5. The fraction of sp³-hybridized carbons (Fsp3) is 0.667. The van der Waals surface area contributed by atoms with E-state index in [9.17, 15) is 4.79 Å². The molecule has 19 heavy (non-hydrogen) atoms. The van der Waals surface area contributed by atoms with Gasteiger partial charge in [0.05, 0.1) is 6.04 Å². The molecule has 4 heteroatoms. The number of likely N-dealkylation sites (tertiary alicyclic amines) is 1. The van der Waals surface area contributed by atoms with Gasteiger partial charge in [-0.2, -0.15) is 0 Å². The highest BCUT2D eigenvalue weighted by Crippen LogP contribution is 2.35. The highest BCUT2D eigenvalue weighted by atomic mass is 32.1. The summed E-state index contributed by atoms with van der Waals surface area (Å²) in [5.74, 6) is 0.631. The molecule has 3 unspecified atom stereocenters. The van der Waals surface area contributed by atoms with E-state index in [1.807, 2.05) is 4.90 Å². The highest BCUT2D eigenvalue weighted by molar-refractivity contribution is 7.10. The molecule has 3 atom stereocenters. The van der Waals surface area contributed by atoms with Crippen LogP contribution in [0.2, 0.25) is 0 Å². The van der Waals surface area contributed by atoms with Gasteiger partial charge in [0.1, 0.15) is 0 Å². The Labute approximate surface area is 119 Å². The number of hydrogen-bond acceptors (Lipinski definition) is 2. The van der Waals surface area contributed by atoms with Crippen molar-refractivity contribution in [2.24, 2.45) is 5.92 Å². The van der Waals surface area contributed by atoms with Crippen LogP contribution in [0.4, 0.5) is 4.79 Å². The molecule has 1 N–H and O–H groups in total. The summed E-state index contributed by atoms with van der Waals surface area (Å²) in [4.78, 5) is 15.8. The number of urea groups is 1. The minimum absolute atomic E-state index is 0.148. The van der Waals surface area contributed by atoms with E-state index in [4.69, 9.17) is 0 Å². The smallest absolute Gasteiger partial charge is 0.318 e. The number of rotatable bonds is 2. The Morgan fingerprint density at radius 3 is 2.95 bits per heavy atom. The van der Waals surface area contributed by atoms with Gasteiger partial charge >= 0.3 is 6.03 Å². The minimum atomic E-state index is 0.148. The molecule has 1 aliphatic carbocycles. The zero-order chi connectivity index (χ0) is 13.2. The number of thiophene rings is 1. The summed E-state index contributed by atoms with van der Waals surface area (Å²) in [6.45, 7) is 3.15. The van der Waals surface area contributed by atoms with E-state index in [2.05, 4.69) is 29.8 Å². The van der Waals surface area contributed by atoms with Gasteiger partial charge in [-0.3, -0.25) is 0 Å². The molecular formula is C15H22N2OS. The lowest BCUT2D eigenvalue weighted by atomic mass is 10.1. The number of carbonyl (C=O) groups excluding carboxylic acids is 1. The van der Waals surface area contributed by atoms with Gasteiger partial charge in [-0.05, 0) is 43.0 Å². The Morgan fingerprint density at radius 2 is 2.26 bits per heavy atom. The van der Waals surface area contributed by atoms with Crippen LogP contribution in [-0.4, -0.2) is 23.5 Å². The summed E-state index contributed by atoms with van der Waals surface area (Å²) in [5, 5.41) is 5.35. The van der Waals surface area contributed by atoms with Gasteiger partial charge < -0.3 is 10.2 Å². The fourth-order valence-corrected chi connectivity index (χ4v) is 4.26. The monoisotopic (exact) mass is 278 g/mol. The quantitative estimate of drug-likeness (QED) is 0.877. The van der Waals surface area contributed by atoms with Crippen LogP contribution in [0.25, 0.3) is 0 Å². The molecule has 0 radical (unpaired) electrons. The van der Waals surface area contributed by atoms with Crippen molar-refractivity contribution in [3.05, 3.63) is 22.4 Å². The second-order valence-electron chi connectivity index (χ2n) is 5.83. The van der Waals surface area contributed by atoms with E-state index in [-0.39, 0.29) is 6.03 Å². The van der Waals surface area contributed by atoms with Crippen molar-refractivity contribution in [1.29, 1.82) is 0 Å². The molecule has 0 spiro atoms. The molecule has 1 aliphatic heterocycles. The zero-order valence-corrected chi connectivity index (χ0v) is 12.3. The lowest BCUT2D eigenvalue weighted by Crippen LogP contribution is -2.45. The van der Waals surface area contributed by atoms with Crippen molar-refractivity contribution in [3.63, 3.8) is 0 Å². The van der Waals surface area contributed by atoms with Crippen LogP contribution in [0.15, 0.2) is 17.5 Å². The van der Waals surface area contributed by atoms with Crippen molar-refractivity contribution in [2.45, 2.75) is 51.1 Å². The molecule has 1 saturated heterocycles. The molecule has 0 aromatic carbocycles. The van der Waals surface area contributed by atoms with E-state index in [0.29, 0.717) is 18.0 Å². The first-order valence-corrected chi connectivity index (χ1v) is 8.24. The van der Waals surface area contributed by atoms with Crippen molar-refractivity contribution >= 4 is 17.4 Å². The van der Waals surface area contributed by atoms with Crippen LogP contribution in [0.5, 0.6) is 0 Å². The normalized spacial score (nSPS) is 30.8. The molecular weight excluding hydrogens is 256 g/mol. The summed E-state index contributed by atoms with van der Waals surface area (Å²) in [6, 6.07) is 5.07. The minimum Gasteiger partial charge on any atom is -0.335 e. The molecule has 3 rings (SSSR count). The molecule has 2 aliphatic rings. The van der Waals surface area contributed by atoms with Gasteiger partial charge in [-0.1, -0.05) is 19.4 Å². The molecule has 104 valence electrons. The highest BCUT2D eigenvalue weighted by Gasteiger charge is 2.33. The molecule has 3 nitrogen and oxygen atoms in total.